The van der Waals surface area contributed by atoms with Crippen LogP contribution in [0.3, 0.4) is 0 Å². The van der Waals surface area contributed by atoms with E-state index in [4.69, 9.17) is 12.2 Å². The summed E-state index contributed by atoms with van der Waals surface area (Å²) in [5.74, 6) is 0. The average molecular weight is 340 g/mol. The Kier molecular flexibility index (Phi) is 5.73. The van der Waals surface area contributed by atoms with E-state index in [1.54, 1.807) is 6.21 Å². The van der Waals surface area contributed by atoms with Crippen molar-refractivity contribution in [2.24, 2.45) is 5.10 Å². The fourth-order valence-corrected chi connectivity index (χ4v) is 2.42. The van der Waals surface area contributed by atoms with E-state index in [0.29, 0.717) is 5.11 Å². The zero-order chi connectivity index (χ0) is 17.7. The van der Waals surface area contributed by atoms with Gasteiger partial charge < -0.3 is 5.32 Å². The molecule has 0 atom stereocenters. The minimum absolute atomic E-state index is 0.158. The predicted molar refractivity (Wildman–Crippen MR) is 108 cm³/mol. The van der Waals surface area contributed by atoms with Gasteiger partial charge in [-0.05, 0) is 59.8 Å². The lowest BCUT2D eigenvalue weighted by molar-refractivity contribution is 0.590. The number of thiocarbonyl (C=S) groups is 1. The Labute approximate surface area is 150 Å². The smallest absolute Gasteiger partial charge is 0.191 e. The minimum Gasteiger partial charge on any atom is -0.331 e. The van der Waals surface area contributed by atoms with Gasteiger partial charge >= 0.3 is 0 Å². The minimum atomic E-state index is 0.158. The van der Waals surface area contributed by atoms with Crippen molar-refractivity contribution >= 4 is 29.2 Å². The van der Waals surface area contributed by atoms with Crippen molar-refractivity contribution in [2.45, 2.75) is 40.0 Å². The summed E-state index contributed by atoms with van der Waals surface area (Å²) in [5.41, 5.74) is 8.69. The van der Waals surface area contributed by atoms with Crippen LogP contribution in [0.1, 0.15) is 43.0 Å². The number of aryl methyl sites for hydroxylation is 2. The van der Waals surface area contributed by atoms with Crippen molar-refractivity contribution in [2.75, 3.05) is 5.32 Å². The Hall–Kier alpha value is -2.20. The molecule has 2 aromatic carbocycles. The lowest BCUT2D eigenvalue weighted by atomic mass is 9.87. The number of nitrogens with zero attached hydrogens (tertiary/aromatic N) is 1. The number of nitrogens with one attached hydrogen (secondary N) is 2. The summed E-state index contributed by atoms with van der Waals surface area (Å²) < 4.78 is 0. The van der Waals surface area contributed by atoms with Crippen molar-refractivity contribution in [3.63, 3.8) is 0 Å². The van der Waals surface area contributed by atoms with Crippen LogP contribution in [0.4, 0.5) is 5.69 Å². The van der Waals surface area contributed by atoms with Crippen LogP contribution in [0.25, 0.3) is 0 Å². The summed E-state index contributed by atoms with van der Waals surface area (Å²) in [6.07, 6.45) is 1.77. The molecule has 2 N–H and O–H groups in total. The van der Waals surface area contributed by atoms with Gasteiger partial charge in [0, 0.05) is 5.69 Å². The van der Waals surface area contributed by atoms with Crippen molar-refractivity contribution in [1.82, 2.24) is 5.43 Å². The van der Waals surface area contributed by atoms with Gasteiger partial charge in [-0.15, -0.1) is 0 Å². The largest absolute Gasteiger partial charge is 0.331 e. The molecule has 0 heterocycles. The SMILES string of the molecule is Cc1ccc(C)c(NC(=S)NN=Cc2ccc(C(C)(C)C)cc2)c1. The molecule has 0 aliphatic rings. The van der Waals surface area contributed by atoms with E-state index in [2.05, 4.69) is 86.0 Å². The highest BCUT2D eigenvalue weighted by Crippen LogP contribution is 2.21. The molecular weight excluding hydrogens is 314 g/mol. The normalized spacial score (nSPS) is 11.5. The maximum Gasteiger partial charge on any atom is 0.191 e. The number of benzene rings is 2. The molecule has 24 heavy (non-hydrogen) atoms. The number of rotatable bonds is 3. The van der Waals surface area contributed by atoms with E-state index < -0.39 is 0 Å². The Balaban J connectivity index is 1.94. The van der Waals surface area contributed by atoms with Crippen LogP contribution in [0.5, 0.6) is 0 Å². The zero-order valence-electron chi connectivity index (χ0n) is 15.0. The quantitative estimate of drug-likeness (QED) is 0.473. The van der Waals surface area contributed by atoms with Crippen molar-refractivity contribution in [3.05, 3.63) is 64.7 Å². The number of anilines is 1. The van der Waals surface area contributed by atoms with Crippen LogP contribution in [-0.2, 0) is 5.41 Å². The molecule has 4 heteroatoms. The molecule has 3 nitrogen and oxygen atoms in total. The molecule has 0 amide bonds. The van der Waals surface area contributed by atoms with E-state index in [1.807, 2.05) is 6.92 Å². The Morgan fingerprint density at radius 2 is 1.71 bits per heavy atom. The van der Waals surface area contributed by atoms with Crippen LogP contribution in [-0.4, -0.2) is 11.3 Å². The Bertz CT molecular complexity index is 740. The fraction of sp³-hybridized carbons (Fsp3) is 0.300. The molecule has 0 aliphatic carbocycles. The topological polar surface area (TPSA) is 36.4 Å². The third-order valence-electron chi connectivity index (χ3n) is 3.80. The van der Waals surface area contributed by atoms with Gasteiger partial charge in [0.2, 0.25) is 0 Å². The highest BCUT2D eigenvalue weighted by molar-refractivity contribution is 7.80. The standard InChI is InChI=1S/C20H25N3S/c1-14-6-7-15(2)18(12-14)22-19(24)23-21-13-16-8-10-17(11-9-16)20(3,4)5/h6-13H,1-5H3,(H2,22,23,24). The first kappa shape index (κ1) is 18.1. The molecule has 0 spiro atoms. The molecule has 0 aliphatic heterocycles. The van der Waals surface area contributed by atoms with Crippen molar-refractivity contribution in [3.8, 4) is 0 Å². The van der Waals surface area contributed by atoms with Crippen molar-refractivity contribution < 1.29 is 0 Å². The van der Waals surface area contributed by atoms with E-state index >= 15 is 0 Å². The van der Waals surface area contributed by atoms with Gasteiger partial charge in [-0.2, -0.15) is 5.10 Å². The molecular formula is C20H25N3S. The van der Waals surface area contributed by atoms with E-state index in [0.717, 1.165) is 16.8 Å². The summed E-state index contributed by atoms with van der Waals surface area (Å²) in [6, 6.07) is 14.6. The van der Waals surface area contributed by atoms with Crippen molar-refractivity contribution in [1.29, 1.82) is 0 Å². The van der Waals surface area contributed by atoms with E-state index in [1.165, 1.54) is 11.1 Å². The highest BCUT2D eigenvalue weighted by Gasteiger charge is 2.12. The van der Waals surface area contributed by atoms with Crippen LogP contribution >= 0.6 is 12.2 Å². The van der Waals surface area contributed by atoms with Crippen LogP contribution in [0.2, 0.25) is 0 Å². The van der Waals surface area contributed by atoms with Crippen LogP contribution in [0, 0.1) is 13.8 Å². The lowest BCUT2D eigenvalue weighted by Gasteiger charge is -2.18. The van der Waals surface area contributed by atoms with E-state index in [-0.39, 0.29) is 5.41 Å². The molecule has 0 saturated heterocycles. The van der Waals surface area contributed by atoms with Gasteiger partial charge in [-0.25, -0.2) is 0 Å². The first-order chi connectivity index (χ1) is 11.3. The van der Waals surface area contributed by atoms with E-state index in [9.17, 15) is 0 Å². The maximum atomic E-state index is 5.29. The molecule has 0 saturated carbocycles. The van der Waals surface area contributed by atoms with Gasteiger partial charge in [0.05, 0.1) is 6.21 Å². The van der Waals surface area contributed by atoms with Crippen LogP contribution < -0.4 is 10.7 Å². The number of hydrogen-bond donors (Lipinski definition) is 2. The molecule has 2 aromatic rings. The molecule has 0 fully saturated rings. The molecule has 0 unspecified atom stereocenters. The van der Waals surface area contributed by atoms with Crippen LogP contribution in [0.15, 0.2) is 47.6 Å². The summed E-state index contributed by atoms with van der Waals surface area (Å²) in [5, 5.41) is 7.85. The second-order valence-corrected chi connectivity index (χ2v) is 7.42. The highest BCUT2D eigenvalue weighted by atomic mass is 32.1. The summed E-state index contributed by atoms with van der Waals surface area (Å²) in [7, 11) is 0. The predicted octanol–water partition coefficient (Wildman–Crippen LogP) is 4.92. The Morgan fingerprint density at radius 3 is 2.33 bits per heavy atom. The second-order valence-electron chi connectivity index (χ2n) is 7.01. The molecule has 126 valence electrons. The molecule has 2 rings (SSSR count). The maximum absolute atomic E-state index is 5.29. The number of hydrazone groups is 1. The fourth-order valence-electron chi connectivity index (χ4n) is 2.26. The first-order valence-electron chi connectivity index (χ1n) is 8.03. The van der Waals surface area contributed by atoms with Gasteiger partial charge in [0.15, 0.2) is 5.11 Å². The lowest BCUT2D eigenvalue weighted by Crippen LogP contribution is -2.24. The monoisotopic (exact) mass is 339 g/mol. The third-order valence-corrected chi connectivity index (χ3v) is 3.99. The van der Waals surface area contributed by atoms with Gasteiger partial charge in [0.1, 0.15) is 0 Å². The first-order valence-corrected chi connectivity index (χ1v) is 8.44. The summed E-state index contributed by atoms with van der Waals surface area (Å²) in [4.78, 5) is 0. The zero-order valence-corrected chi connectivity index (χ0v) is 15.8. The second kappa shape index (κ2) is 7.58. The number of hydrogen-bond acceptors (Lipinski definition) is 2. The molecule has 0 aromatic heterocycles. The third kappa shape index (κ3) is 5.17. The summed E-state index contributed by atoms with van der Waals surface area (Å²) >= 11 is 5.29. The van der Waals surface area contributed by atoms with Gasteiger partial charge in [0.25, 0.3) is 0 Å². The molecule has 0 bridgehead atoms. The Morgan fingerprint density at radius 1 is 1.04 bits per heavy atom. The summed E-state index contributed by atoms with van der Waals surface area (Å²) in [6.45, 7) is 10.7. The van der Waals surface area contributed by atoms with Gasteiger partial charge in [-0.1, -0.05) is 57.2 Å². The average Bonchev–Trinajstić information content (AvgIpc) is 2.50. The van der Waals surface area contributed by atoms with Gasteiger partial charge in [-0.3, -0.25) is 5.43 Å². The molecule has 0 radical (unpaired) electrons.